The largest absolute Gasteiger partial charge is 0.489 e. The summed E-state index contributed by atoms with van der Waals surface area (Å²) < 4.78 is 31.8. The molecule has 0 unspecified atom stereocenters. The van der Waals surface area contributed by atoms with Crippen LogP contribution in [0.3, 0.4) is 0 Å². The summed E-state index contributed by atoms with van der Waals surface area (Å²) in [5.41, 5.74) is 4.70. The second-order valence-electron chi connectivity index (χ2n) is 9.90. The van der Waals surface area contributed by atoms with E-state index in [0.29, 0.717) is 5.75 Å². The number of allylic oxidation sites excluding steroid dienone is 2. The first kappa shape index (κ1) is 27.9. The van der Waals surface area contributed by atoms with Gasteiger partial charge in [-0.05, 0) is 101 Å². The van der Waals surface area contributed by atoms with Gasteiger partial charge >= 0.3 is 0 Å². The lowest BCUT2D eigenvalue weighted by Crippen LogP contribution is -2.17. The molecule has 8 nitrogen and oxygen atoms in total. The van der Waals surface area contributed by atoms with Crippen molar-refractivity contribution in [3.05, 3.63) is 58.9 Å². The lowest BCUT2D eigenvalue weighted by atomic mass is 9.90. The second kappa shape index (κ2) is 11.7. The van der Waals surface area contributed by atoms with Crippen LogP contribution in [0.1, 0.15) is 64.5 Å². The van der Waals surface area contributed by atoms with E-state index in [1.807, 2.05) is 19.9 Å². The molecule has 0 bridgehead atoms. The van der Waals surface area contributed by atoms with Crippen molar-refractivity contribution >= 4 is 50.2 Å². The van der Waals surface area contributed by atoms with Gasteiger partial charge in [-0.2, -0.15) is 4.98 Å². The first-order valence-electron chi connectivity index (χ1n) is 12.8. The van der Waals surface area contributed by atoms with Crippen molar-refractivity contribution in [2.45, 2.75) is 76.7 Å². The fraction of sp³-hybridized carbons (Fsp3) is 0.393. The van der Waals surface area contributed by atoms with Crippen LogP contribution < -0.4 is 15.4 Å². The second-order valence-corrected chi connectivity index (χ2v) is 12.7. The van der Waals surface area contributed by atoms with Gasteiger partial charge in [-0.15, -0.1) is 0 Å². The average molecular weight is 556 g/mol. The van der Waals surface area contributed by atoms with Gasteiger partial charge in [-0.25, -0.2) is 18.4 Å². The summed E-state index contributed by atoms with van der Waals surface area (Å²) in [5.74, 6) is 1.24. The van der Waals surface area contributed by atoms with E-state index in [1.54, 1.807) is 26.0 Å². The molecule has 0 radical (unpaired) electrons. The molecule has 3 aromatic rings. The third-order valence-electron chi connectivity index (χ3n) is 6.23. The summed E-state index contributed by atoms with van der Waals surface area (Å²) in [6.07, 6.45) is 9.78. The zero-order chi connectivity index (χ0) is 27.4. The lowest BCUT2D eigenvalue weighted by molar-refractivity contribution is 0.243. The quantitative estimate of drug-likeness (QED) is 0.284. The third kappa shape index (κ3) is 6.27. The Kier molecular flexibility index (Phi) is 8.57. The molecular weight excluding hydrogens is 522 g/mol. The van der Waals surface area contributed by atoms with E-state index >= 15 is 0 Å². The number of halogens is 1. The molecule has 2 aromatic heterocycles. The first-order valence-corrected chi connectivity index (χ1v) is 14.7. The number of aromatic nitrogens is 3. The fourth-order valence-corrected chi connectivity index (χ4v) is 5.48. The molecule has 0 atom stereocenters. The molecule has 4 rings (SSSR count). The minimum Gasteiger partial charge on any atom is -0.489 e. The number of nitrogens with zero attached hydrogens (tertiary/aromatic N) is 3. The molecule has 202 valence electrons. The van der Waals surface area contributed by atoms with Gasteiger partial charge in [0.1, 0.15) is 10.8 Å². The minimum absolute atomic E-state index is 0.0262. The predicted octanol–water partition coefficient (Wildman–Crippen LogP) is 7.25. The van der Waals surface area contributed by atoms with E-state index in [9.17, 15) is 8.42 Å². The van der Waals surface area contributed by atoms with Crippen LogP contribution in [0.2, 0.25) is 5.02 Å². The highest BCUT2D eigenvalue weighted by atomic mass is 35.5. The smallest absolute Gasteiger partial charge is 0.229 e. The topological polar surface area (TPSA) is 106 Å². The van der Waals surface area contributed by atoms with E-state index in [2.05, 4.69) is 44.7 Å². The number of pyridine rings is 1. The van der Waals surface area contributed by atoms with E-state index in [1.165, 1.54) is 36.4 Å². The highest BCUT2D eigenvalue weighted by Crippen LogP contribution is 2.37. The number of hydrogen-bond acceptors (Lipinski definition) is 8. The van der Waals surface area contributed by atoms with Gasteiger partial charge in [0.05, 0.1) is 28.9 Å². The molecule has 10 heteroatoms. The number of rotatable bonds is 9. The van der Waals surface area contributed by atoms with Crippen LogP contribution >= 0.6 is 11.6 Å². The minimum atomic E-state index is -3.63. The summed E-state index contributed by atoms with van der Waals surface area (Å²) >= 11 is 6.39. The van der Waals surface area contributed by atoms with E-state index < -0.39 is 15.1 Å². The lowest BCUT2D eigenvalue weighted by Gasteiger charge is -2.21. The van der Waals surface area contributed by atoms with Crippen molar-refractivity contribution in [3.63, 3.8) is 0 Å². The van der Waals surface area contributed by atoms with Crippen molar-refractivity contribution < 1.29 is 13.2 Å². The monoisotopic (exact) mass is 555 g/mol. The van der Waals surface area contributed by atoms with Gasteiger partial charge in [-0.3, -0.25) is 0 Å². The number of ether oxygens (including phenoxy) is 1. The van der Waals surface area contributed by atoms with E-state index in [0.717, 1.165) is 24.1 Å². The van der Waals surface area contributed by atoms with Crippen LogP contribution in [0.4, 0.5) is 23.1 Å². The van der Waals surface area contributed by atoms with Gasteiger partial charge in [0.15, 0.2) is 20.7 Å². The number of benzene rings is 1. The van der Waals surface area contributed by atoms with Gasteiger partial charge in [0.25, 0.3) is 0 Å². The Morgan fingerprint density at radius 2 is 1.84 bits per heavy atom. The molecule has 0 spiro atoms. The van der Waals surface area contributed by atoms with E-state index in [-0.39, 0.29) is 33.6 Å². The molecule has 2 heterocycles. The van der Waals surface area contributed by atoms with Crippen LogP contribution in [0.5, 0.6) is 5.75 Å². The van der Waals surface area contributed by atoms with Crippen LogP contribution in [0.25, 0.3) is 5.57 Å². The Labute approximate surface area is 229 Å². The molecule has 38 heavy (non-hydrogen) atoms. The summed E-state index contributed by atoms with van der Waals surface area (Å²) in [4.78, 5) is 13.0. The Bertz CT molecular complexity index is 1450. The average Bonchev–Trinajstić information content (AvgIpc) is 2.88. The van der Waals surface area contributed by atoms with E-state index in [4.69, 9.17) is 16.3 Å². The number of aryl methyl sites for hydroxylation is 1. The van der Waals surface area contributed by atoms with Crippen molar-refractivity contribution in [2.75, 3.05) is 10.6 Å². The zero-order valence-electron chi connectivity index (χ0n) is 22.4. The summed E-state index contributed by atoms with van der Waals surface area (Å²) in [6.45, 7) is 9.29. The Balaban J connectivity index is 1.68. The van der Waals surface area contributed by atoms with Gasteiger partial charge in [0, 0.05) is 6.20 Å². The fourth-order valence-electron chi connectivity index (χ4n) is 4.26. The normalized spacial score (nSPS) is 13.9. The van der Waals surface area contributed by atoms with Crippen LogP contribution in [-0.4, -0.2) is 34.7 Å². The molecule has 0 saturated heterocycles. The highest BCUT2D eigenvalue weighted by molar-refractivity contribution is 7.92. The number of sulfone groups is 1. The Morgan fingerprint density at radius 3 is 2.53 bits per heavy atom. The van der Waals surface area contributed by atoms with Crippen LogP contribution in [-0.2, 0) is 9.84 Å². The molecule has 1 aliphatic carbocycles. The molecule has 1 aliphatic rings. The number of nitrogens with one attached hydrogen (secondary N) is 2. The van der Waals surface area contributed by atoms with Crippen molar-refractivity contribution in [3.8, 4) is 5.75 Å². The molecule has 2 N–H and O–H groups in total. The third-order valence-corrected chi connectivity index (χ3v) is 8.61. The molecule has 1 aromatic carbocycles. The molecule has 0 fully saturated rings. The molecule has 0 aliphatic heterocycles. The van der Waals surface area contributed by atoms with Crippen molar-refractivity contribution in [2.24, 2.45) is 0 Å². The summed E-state index contributed by atoms with van der Waals surface area (Å²) in [7, 11) is -3.63. The van der Waals surface area contributed by atoms with Crippen molar-refractivity contribution in [1.82, 2.24) is 15.0 Å². The SMILES string of the molecule is Cc1cc(Nc2ncc(Cl)c(Nc3cccnc3S(=O)(=O)C(C)C)n2)c(OC(C)C)cc1C1=CCCCC1. The van der Waals surface area contributed by atoms with Gasteiger partial charge < -0.3 is 15.4 Å². The standard InChI is InChI=1S/C28H34ClN5O3S/c1-17(2)37-25-15-21(20-10-7-6-8-11-20)19(5)14-24(25)33-28-31-16-22(29)26(34-28)32-23-12-9-13-30-27(23)38(35,36)18(3)4/h9-10,12-18H,6-8,11H2,1-5H3,(H2,31,32,33,34). The predicted molar refractivity (Wildman–Crippen MR) is 154 cm³/mol. The maximum Gasteiger partial charge on any atom is 0.229 e. The highest BCUT2D eigenvalue weighted by Gasteiger charge is 2.25. The van der Waals surface area contributed by atoms with Crippen LogP contribution in [0.15, 0.2) is 47.8 Å². The molecule has 0 amide bonds. The summed E-state index contributed by atoms with van der Waals surface area (Å²) in [5, 5.41) is 5.85. The summed E-state index contributed by atoms with van der Waals surface area (Å²) in [6, 6.07) is 7.41. The molecule has 0 saturated carbocycles. The Hall–Kier alpha value is -3.17. The van der Waals surface area contributed by atoms with Crippen LogP contribution in [0, 0.1) is 6.92 Å². The maximum atomic E-state index is 12.8. The van der Waals surface area contributed by atoms with Crippen molar-refractivity contribution in [1.29, 1.82) is 0 Å². The number of anilines is 4. The zero-order valence-corrected chi connectivity index (χ0v) is 23.9. The molecular formula is C28H34ClN5O3S. The van der Waals surface area contributed by atoms with Gasteiger partial charge in [-0.1, -0.05) is 17.7 Å². The first-order chi connectivity index (χ1) is 18.1. The maximum absolute atomic E-state index is 12.8. The Morgan fingerprint density at radius 1 is 1.05 bits per heavy atom. The number of hydrogen-bond donors (Lipinski definition) is 2. The van der Waals surface area contributed by atoms with Gasteiger partial charge in [0.2, 0.25) is 5.95 Å².